The first-order valence-corrected chi connectivity index (χ1v) is 7.28. The van der Waals surface area contributed by atoms with Crippen LogP contribution < -0.4 is 4.74 Å². The Morgan fingerprint density at radius 2 is 1.85 bits per heavy atom. The van der Waals surface area contributed by atoms with E-state index in [2.05, 4.69) is 48.0 Å². The first-order chi connectivity index (χ1) is 9.51. The van der Waals surface area contributed by atoms with Crippen molar-refractivity contribution in [2.75, 3.05) is 0 Å². The van der Waals surface area contributed by atoms with Gasteiger partial charge in [-0.2, -0.15) is 5.26 Å². The molecule has 0 spiro atoms. The molecule has 0 aliphatic heterocycles. The molecule has 3 heteroatoms. The highest BCUT2D eigenvalue weighted by atomic mass is 79.9. The first kappa shape index (κ1) is 14.6. The maximum atomic E-state index is 9.15. The molecule has 0 N–H and O–H groups in total. The molecule has 0 amide bonds. The second kappa shape index (κ2) is 6.11. The highest BCUT2D eigenvalue weighted by molar-refractivity contribution is 9.10. The van der Waals surface area contributed by atoms with E-state index < -0.39 is 0 Å². The van der Waals surface area contributed by atoms with Gasteiger partial charge in [0.05, 0.1) is 5.56 Å². The predicted molar refractivity (Wildman–Crippen MR) is 84.2 cm³/mol. The van der Waals surface area contributed by atoms with Gasteiger partial charge in [-0.05, 0) is 48.2 Å². The number of hydrogen-bond donors (Lipinski definition) is 0. The largest absolute Gasteiger partial charge is 0.456 e. The van der Waals surface area contributed by atoms with Crippen LogP contribution in [0.4, 0.5) is 0 Å². The Morgan fingerprint density at radius 3 is 2.50 bits per heavy atom. The van der Waals surface area contributed by atoms with Gasteiger partial charge in [0.25, 0.3) is 0 Å². The van der Waals surface area contributed by atoms with Gasteiger partial charge >= 0.3 is 0 Å². The second-order valence-electron chi connectivity index (χ2n) is 5.03. The maximum Gasteiger partial charge on any atom is 0.146 e. The summed E-state index contributed by atoms with van der Waals surface area (Å²) in [4.78, 5) is 0. The lowest BCUT2D eigenvalue weighted by atomic mass is 10.0. The lowest BCUT2D eigenvalue weighted by molar-refractivity contribution is 0.476. The first-order valence-electron chi connectivity index (χ1n) is 6.49. The van der Waals surface area contributed by atoms with Crippen LogP contribution in [-0.2, 0) is 0 Å². The molecule has 0 heterocycles. The van der Waals surface area contributed by atoms with Crippen LogP contribution in [0.5, 0.6) is 11.5 Å². The van der Waals surface area contributed by atoms with E-state index >= 15 is 0 Å². The number of aryl methyl sites for hydroxylation is 1. The van der Waals surface area contributed by atoms with E-state index in [1.165, 1.54) is 5.56 Å². The average Bonchev–Trinajstić information content (AvgIpc) is 2.41. The number of ether oxygens (including phenoxy) is 1. The lowest BCUT2D eigenvalue weighted by Crippen LogP contribution is -1.94. The van der Waals surface area contributed by atoms with Gasteiger partial charge in [0.15, 0.2) is 0 Å². The molecule has 2 rings (SSSR count). The van der Waals surface area contributed by atoms with E-state index in [4.69, 9.17) is 10.00 Å². The molecule has 0 fully saturated rings. The van der Waals surface area contributed by atoms with Crippen molar-refractivity contribution < 1.29 is 4.74 Å². The van der Waals surface area contributed by atoms with Crippen molar-refractivity contribution >= 4 is 15.9 Å². The Bertz CT molecular complexity index is 671. The van der Waals surface area contributed by atoms with Gasteiger partial charge in [0.1, 0.15) is 17.6 Å². The number of nitriles is 1. The van der Waals surface area contributed by atoms with E-state index in [9.17, 15) is 0 Å². The summed E-state index contributed by atoms with van der Waals surface area (Å²) in [6.45, 7) is 6.30. The monoisotopic (exact) mass is 329 g/mol. The second-order valence-corrected chi connectivity index (χ2v) is 5.95. The summed E-state index contributed by atoms with van der Waals surface area (Å²) in [6, 6.07) is 13.8. The number of halogens is 1. The zero-order chi connectivity index (χ0) is 14.7. The summed E-state index contributed by atoms with van der Waals surface area (Å²) in [5.41, 5.74) is 2.81. The minimum Gasteiger partial charge on any atom is -0.456 e. The maximum absolute atomic E-state index is 9.15. The smallest absolute Gasteiger partial charge is 0.146 e. The fraction of sp³-hybridized carbons (Fsp3) is 0.235. The highest BCUT2D eigenvalue weighted by Gasteiger charge is 2.09. The normalized spacial score (nSPS) is 10.4. The molecule has 102 valence electrons. The molecule has 0 saturated carbocycles. The van der Waals surface area contributed by atoms with Crippen molar-refractivity contribution in [1.82, 2.24) is 0 Å². The molecule has 0 saturated heterocycles. The minimum absolute atomic E-state index is 0.441. The molecular weight excluding hydrogens is 314 g/mol. The third-order valence-electron chi connectivity index (χ3n) is 3.16. The van der Waals surface area contributed by atoms with Crippen LogP contribution in [0.1, 0.15) is 36.5 Å². The van der Waals surface area contributed by atoms with Gasteiger partial charge in [0, 0.05) is 4.47 Å². The number of benzene rings is 2. The average molecular weight is 330 g/mol. The van der Waals surface area contributed by atoms with Crippen molar-refractivity contribution in [3.63, 3.8) is 0 Å². The third kappa shape index (κ3) is 3.20. The van der Waals surface area contributed by atoms with Crippen molar-refractivity contribution in [2.24, 2.45) is 0 Å². The van der Waals surface area contributed by atoms with Crippen LogP contribution in [0.2, 0.25) is 0 Å². The topological polar surface area (TPSA) is 33.0 Å². The molecule has 2 aromatic carbocycles. The van der Waals surface area contributed by atoms with E-state index in [0.717, 1.165) is 15.8 Å². The quantitative estimate of drug-likeness (QED) is 0.740. The van der Waals surface area contributed by atoms with Crippen LogP contribution in [0.3, 0.4) is 0 Å². The van der Waals surface area contributed by atoms with Crippen LogP contribution in [0, 0.1) is 18.3 Å². The van der Waals surface area contributed by atoms with E-state index in [1.807, 2.05) is 25.1 Å². The van der Waals surface area contributed by atoms with Crippen LogP contribution >= 0.6 is 15.9 Å². The summed E-state index contributed by atoms with van der Waals surface area (Å²) in [6.07, 6.45) is 0. The molecule has 0 unspecified atom stereocenters. The van der Waals surface area contributed by atoms with E-state index in [0.29, 0.717) is 17.2 Å². The van der Waals surface area contributed by atoms with Gasteiger partial charge in [-0.3, -0.25) is 0 Å². The number of rotatable bonds is 3. The van der Waals surface area contributed by atoms with Gasteiger partial charge in [-0.1, -0.05) is 41.9 Å². The number of hydrogen-bond acceptors (Lipinski definition) is 2. The highest BCUT2D eigenvalue weighted by Crippen LogP contribution is 2.32. The molecule has 0 aromatic heterocycles. The van der Waals surface area contributed by atoms with Crippen molar-refractivity contribution in [3.8, 4) is 17.6 Å². The Kier molecular flexibility index (Phi) is 4.46. The molecule has 0 aliphatic carbocycles. The fourth-order valence-electron chi connectivity index (χ4n) is 1.88. The van der Waals surface area contributed by atoms with Crippen molar-refractivity contribution in [2.45, 2.75) is 26.7 Å². The summed E-state index contributed by atoms with van der Waals surface area (Å²) in [5, 5.41) is 9.15. The standard InChI is InChI=1S/C17H16BrNO/c1-11(2)13-5-4-12(3)16(8-13)20-17-9-15(18)7-6-14(17)10-19/h4-9,11H,1-3H3. The minimum atomic E-state index is 0.441. The van der Waals surface area contributed by atoms with Crippen LogP contribution in [0.15, 0.2) is 40.9 Å². The Morgan fingerprint density at radius 1 is 1.10 bits per heavy atom. The van der Waals surface area contributed by atoms with Gasteiger partial charge < -0.3 is 4.74 Å². The van der Waals surface area contributed by atoms with Crippen LogP contribution in [0.25, 0.3) is 0 Å². The summed E-state index contributed by atoms with van der Waals surface area (Å²) >= 11 is 3.41. The lowest BCUT2D eigenvalue weighted by Gasteiger charge is -2.13. The molecular formula is C17H16BrNO. The summed E-state index contributed by atoms with van der Waals surface area (Å²) in [7, 11) is 0. The van der Waals surface area contributed by atoms with Crippen molar-refractivity contribution in [3.05, 3.63) is 57.6 Å². The zero-order valence-corrected chi connectivity index (χ0v) is 13.4. The van der Waals surface area contributed by atoms with Gasteiger partial charge in [-0.25, -0.2) is 0 Å². The SMILES string of the molecule is Cc1ccc(C(C)C)cc1Oc1cc(Br)ccc1C#N. The van der Waals surface area contributed by atoms with Gasteiger partial charge in [-0.15, -0.1) is 0 Å². The van der Waals surface area contributed by atoms with E-state index in [-0.39, 0.29) is 0 Å². The summed E-state index contributed by atoms with van der Waals surface area (Å²) in [5.74, 6) is 1.81. The molecule has 0 radical (unpaired) electrons. The fourth-order valence-corrected chi connectivity index (χ4v) is 2.22. The molecule has 0 atom stereocenters. The molecule has 2 aromatic rings. The molecule has 0 bridgehead atoms. The van der Waals surface area contributed by atoms with Gasteiger partial charge in [0.2, 0.25) is 0 Å². The zero-order valence-electron chi connectivity index (χ0n) is 11.8. The predicted octanol–water partition coefficient (Wildman–Crippen LogP) is 5.54. The molecule has 0 aliphatic rings. The Hall–Kier alpha value is -1.79. The summed E-state index contributed by atoms with van der Waals surface area (Å²) < 4.78 is 6.84. The Labute approximate surface area is 128 Å². The molecule has 2 nitrogen and oxygen atoms in total. The van der Waals surface area contributed by atoms with Crippen molar-refractivity contribution in [1.29, 1.82) is 5.26 Å². The van der Waals surface area contributed by atoms with Crippen LogP contribution in [-0.4, -0.2) is 0 Å². The third-order valence-corrected chi connectivity index (χ3v) is 3.66. The van der Waals surface area contributed by atoms with E-state index in [1.54, 1.807) is 6.07 Å². The number of nitrogens with zero attached hydrogens (tertiary/aromatic N) is 1. The Balaban J connectivity index is 2.42. The molecule has 20 heavy (non-hydrogen) atoms.